The Kier molecular flexibility index (Phi) is 6.84. The lowest BCUT2D eigenvalue weighted by molar-refractivity contribution is 0.0209. The number of rotatable bonds is 6. The number of ether oxygens (including phenoxy) is 2. The van der Waals surface area contributed by atoms with Crippen LogP contribution in [0.3, 0.4) is 0 Å². The number of carbonyl (C=O) groups is 1. The standard InChI is InChI=1S/C21H24N4O3/c1-16(25-10-12-27-13-11-25)15-23-21(26)24-18-4-8-20(9-5-18)28-19-6-2-17(14-22)3-7-19/h2-9,16H,10-13,15H2,1H3,(H2,23,24,26). The van der Waals surface area contributed by atoms with Crippen molar-refractivity contribution < 1.29 is 14.3 Å². The van der Waals surface area contributed by atoms with E-state index in [1.165, 1.54) is 0 Å². The molecular weight excluding hydrogens is 356 g/mol. The van der Waals surface area contributed by atoms with E-state index in [-0.39, 0.29) is 12.1 Å². The number of anilines is 1. The third-order valence-electron chi connectivity index (χ3n) is 4.56. The topological polar surface area (TPSA) is 86.6 Å². The van der Waals surface area contributed by atoms with E-state index in [9.17, 15) is 4.79 Å². The zero-order chi connectivity index (χ0) is 19.8. The molecule has 1 saturated heterocycles. The summed E-state index contributed by atoms with van der Waals surface area (Å²) in [6.07, 6.45) is 0. The molecule has 146 valence electrons. The van der Waals surface area contributed by atoms with Crippen LogP contribution in [0.25, 0.3) is 0 Å². The molecule has 2 aromatic carbocycles. The van der Waals surface area contributed by atoms with Gasteiger partial charge in [-0.05, 0) is 55.5 Å². The van der Waals surface area contributed by atoms with Crippen LogP contribution < -0.4 is 15.4 Å². The Morgan fingerprint density at radius 2 is 1.75 bits per heavy atom. The number of hydrogen-bond acceptors (Lipinski definition) is 5. The van der Waals surface area contributed by atoms with Gasteiger partial charge >= 0.3 is 6.03 Å². The number of amides is 2. The maximum absolute atomic E-state index is 12.1. The maximum Gasteiger partial charge on any atom is 0.319 e. The van der Waals surface area contributed by atoms with E-state index in [1.807, 2.05) is 0 Å². The Morgan fingerprint density at radius 3 is 2.36 bits per heavy atom. The Hall–Kier alpha value is -3.08. The Balaban J connectivity index is 1.45. The first kappa shape index (κ1) is 19.7. The van der Waals surface area contributed by atoms with E-state index >= 15 is 0 Å². The van der Waals surface area contributed by atoms with Crippen LogP contribution in [0.5, 0.6) is 11.5 Å². The largest absolute Gasteiger partial charge is 0.457 e. The molecule has 0 saturated carbocycles. The van der Waals surface area contributed by atoms with Crippen LogP contribution in [0.15, 0.2) is 48.5 Å². The molecular formula is C21H24N4O3. The van der Waals surface area contributed by atoms with Crippen molar-refractivity contribution in [3.63, 3.8) is 0 Å². The summed E-state index contributed by atoms with van der Waals surface area (Å²) in [6, 6.07) is 16.1. The van der Waals surface area contributed by atoms with Crippen LogP contribution in [0.1, 0.15) is 12.5 Å². The van der Waals surface area contributed by atoms with Crippen LogP contribution in [-0.2, 0) is 4.74 Å². The quantitative estimate of drug-likeness (QED) is 0.804. The number of nitrogens with zero attached hydrogens (tertiary/aromatic N) is 2. The van der Waals surface area contributed by atoms with Crippen LogP contribution in [0.2, 0.25) is 0 Å². The van der Waals surface area contributed by atoms with Crippen molar-refractivity contribution in [1.29, 1.82) is 5.26 Å². The van der Waals surface area contributed by atoms with Gasteiger partial charge in [0.2, 0.25) is 0 Å². The Morgan fingerprint density at radius 1 is 1.14 bits per heavy atom. The third kappa shape index (κ3) is 5.71. The van der Waals surface area contributed by atoms with Crippen LogP contribution in [0, 0.1) is 11.3 Å². The first-order valence-corrected chi connectivity index (χ1v) is 9.29. The molecule has 1 unspecified atom stereocenters. The first-order valence-electron chi connectivity index (χ1n) is 9.29. The number of urea groups is 1. The summed E-state index contributed by atoms with van der Waals surface area (Å²) < 4.78 is 11.1. The van der Waals surface area contributed by atoms with Crippen molar-refractivity contribution >= 4 is 11.7 Å². The average molecular weight is 380 g/mol. The predicted octanol–water partition coefficient (Wildman–Crippen LogP) is 3.19. The summed E-state index contributed by atoms with van der Waals surface area (Å²) in [5.74, 6) is 1.30. The lowest BCUT2D eigenvalue weighted by atomic mass is 10.2. The van der Waals surface area contributed by atoms with E-state index in [2.05, 4.69) is 28.5 Å². The molecule has 2 aromatic rings. The molecule has 7 heteroatoms. The molecule has 3 rings (SSSR count). The van der Waals surface area contributed by atoms with Gasteiger partial charge in [0.1, 0.15) is 11.5 Å². The molecule has 0 aliphatic carbocycles. The number of hydrogen-bond donors (Lipinski definition) is 2. The average Bonchev–Trinajstić information content (AvgIpc) is 2.74. The van der Waals surface area contributed by atoms with Crippen LogP contribution >= 0.6 is 0 Å². The van der Waals surface area contributed by atoms with Gasteiger partial charge in [0.05, 0.1) is 24.8 Å². The summed E-state index contributed by atoms with van der Waals surface area (Å²) in [7, 11) is 0. The van der Waals surface area contributed by atoms with E-state index in [1.54, 1.807) is 48.5 Å². The first-order chi connectivity index (χ1) is 13.6. The van der Waals surface area contributed by atoms with Gasteiger partial charge in [-0.2, -0.15) is 5.26 Å². The second-order valence-corrected chi connectivity index (χ2v) is 6.60. The molecule has 0 aromatic heterocycles. The van der Waals surface area contributed by atoms with E-state index in [4.69, 9.17) is 14.7 Å². The zero-order valence-electron chi connectivity index (χ0n) is 15.9. The second-order valence-electron chi connectivity index (χ2n) is 6.60. The molecule has 7 nitrogen and oxygen atoms in total. The number of benzene rings is 2. The number of nitriles is 1. The minimum absolute atomic E-state index is 0.235. The Bertz CT molecular complexity index is 809. The van der Waals surface area contributed by atoms with Crippen LogP contribution in [-0.4, -0.2) is 49.8 Å². The summed E-state index contributed by atoms with van der Waals surface area (Å²) in [5.41, 5.74) is 1.27. The number of carbonyl (C=O) groups excluding carboxylic acids is 1. The van der Waals surface area contributed by atoms with Gasteiger partial charge in [0, 0.05) is 31.4 Å². The van der Waals surface area contributed by atoms with E-state index in [0.29, 0.717) is 29.3 Å². The highest BCUT2D eigenvalue weighted by atomic mass is 16.5. The molecule has 1 heterocycles. The molecule has 2 amide bonds. The third-order valence-corrected chi connectivity index (χ3v) is 4.56. The molecule has 0 spiro atoms. The fourth-order valence-electron chi connectivity index (χ4n) is 2.90. The molecule has 1 atom stereocenters. The van der Waals surface area contributed by atoms with Gasteiger partial charge < -0.3 is 20.1 Å². The van der Waals surface area contributed by atoms with Gasteiger partial charge in [-0.25, -0.2) is 4.79 Å². The normalized spacial score (nSPS) is 15.3. The van der Waals surface area contributed by atoms with E-state index < -0.39 is 0 Å². The number of nitrogens with one attached hydrogen (secondary N) is 2. The highest BCUT2D eigenvalue weighted by Crippen LogP contribution is 2.23. The van der Waals surface area contributed by atoms with Crippen molar-refractivity contribution in [2.24, 2.45) is 0 Å². The summed E-state index contributed by atoms with van der Waals surface area (Å²) >= 11 is 0. The highest BCUT2D eigenvalue weighted by molar-refractivity contribution is 5.89. The summed E-state index contributed by atoms with van der Waals surface area (Å²) in [5, 5.41) is 14.5. The molecule has 0 radical (unpaired) electrons. The number of morpholine rings is 1. The minimum atomic E-state index is -0.235. The van der Waals surface area contributed by atoms with E-state index in [0.717, 1.165) is 26.3 Å². The van der Waals surface area contributed by atoms with Crippen molar-refractivity contribution in [2.75, 3.05) is 38.2 Å². The Labute approximate surface area is 164 Å². The fourth-order valence-corrected chi connectivity index (χ4v) is 2.90. The fraction of sp³-hybridized carbons (Fsp3) is 0.333. The molecule has 1 aliphatic heterocycles. The lowest BCUT2D eigenvalue weighted by Gasteiger charge is -2.32. The summed E-state index contributed by atoms with van der Waals surface area (Å²) in [4.78, 5) is 14.4. The monoisotopic (exact) mass is 380 g/mol. The van der Waals surface area contributed by atoms with Gasteiger partial charge in [-0.15, -0.1) is 0 Å². The zero-order valence-corrected chi connectivity index (χ0v) is 15.9. The van der Waals surface area contributed by atoms with Crippen molar-refractivity contribution in [3.05, 3.63) is 54.1 Å². The molecule has 1 fully saturated rings. The maximum atomic E-state index is 12.1. The summed E-state index contributed by atoms with van der Waals surface area (Å²) in [6.45, 7) is 5.95. The lowest BCUT2D eigenvalue weighted by Crippen LogP contribution is -2.47. The van der Waals surface area contributed by atoms with Gasteiger partial charge in [-0.3, -0.25) is 4.90 Å². The van der Waals surface area contributed by atoms with Crippen LogP contribution in [0.4, 0.5) is 10.5 Å². The van der Waals surface area contributed by atoms with Crippen molar-refractivity contribution in [3.8, 4) is 17.6 Å². The smallest absolute Gasteiger partial charge is 0.319 e. The molecule has 2 N–H and O–H groups in total. The van der Waals surface area contributed by atoms with Gasteiger partial charge in [-0.1, -0.05) is 0 Å². The van der Waals surface area contributed by atoms with Crippen molar-refractivity contribution in [1.82, 2.24) is 10.2 Å². The van der Waals surface area contributed by atoms with Crippen molar-refractivity contribution in [2.45, 2.75) is 13.0 Å². The molecule has 1 aliphatic rings. The second kappa shape index (κ2) is 9.74. The molecule has 0 bridgehead atoms. The predicted molar refractivity (Wildman–Crippen MR) is 107 cm³/mol. The highest BCUT2D eigenvalue weighted by Gasteiger charge is 2.17. The van der Waals surface area contributed by atoms with Gasteiger partial charge in [0.25, 0.3) is 0 Å². The van der Waals surface area contributed by atoms with Gasteiger partial charge in [0.15, 0.2) is 0 Å². The minimum Gasteiger partial charge on any atom is -0.457 e. The SMILES string of the molecule is CC(CNC(=O)Nc1ccc(Oc2ccc(C#N)cc2)cc1)N1CCOCC1. The molecule has 28 heavy (non-hydrogen) atoms.